The van der Waals surface area contributed by atoms with Crippen LogP contribution >= 0.6 is 0 Å². The molecule has 0 aromatic rings. The first kappa shape index (κ1) is 31.3. The molecule has 0 saturated carbocycles. The molecule has 0 nitrogen and oxygen atoms in total. The van der Waals surface area contributed by atoms with Crippen LogP contribution in [-0.4, -0.2) is 44.2 Å². The Hall–Kier alpha value is 1.30. The minimum Gasteiger partial charge on any atom is -0.0690 e. The topological polar surface area (TPSA) is 0 Å². The van der Waals surface area contributed by atoms with Gasteiger partial charge in [0.05, 0.1) is 30.4 Å². The Balaban J connectivity index is 8.20. The van der Waals surface area contributed by atoms with Crippen LogP contribution in [0.2, 0.25) is 72.5 Å². The van der Waals surface area contributed by atoms with Crippen LogP contribution in [0.15, 0.2) is 0 Å². The van der Waals surface area contributed by atoms with Gasteiger partial charge in [-0.2, -0.15) is 0 Å². The van der Waals surface area contributed by atoms with Crippen LogP contribution < -0.4 is 0 Å². The highest BCUT2D eigenvalue weighted by Gasteiger charge is 2.58. The molecule has 0 N–H and O–H groups in total. The molecule has 0 aromatic heterocycles. The molecule has 30 heavy (non-hydrogen) atoms. The number of rotatable bonds is 4. The van der Waals surface area contributed by atoms with Gasteiger partial charge in [-0.25, -0.2) is 0 Å². The molecule has 0 fully saturated rings. The lowest BCUT2D eigenvalue weighted by Gasteiger charge is -2.57. The summed E-state index contributed by atoms with van der Waals surface area (Å²) in [6.07, 6.45) is 0. The van der Waals surface area contributed by atoms with E-state index in [1.165, 1.54) is 0 Å². The fraction of sp³-hybridized carbons (Fsp3) is 1.00. The SMILES string of the molecule is CC(C)(C)[Si](C)(C)[Si](=[Si]([Si](C)(C)C(C)(C)C)[Si](C)(C)C(C)(C)C)[Si](C)(C)C(C)(C)C. The zero-order valence-corrected chi connectivity index (χ0v) is 31.0. The quantitative estimate of drug-likeness (QED) is 0.326. The first-order valence-electron chi connectivity index (χ1n) is 12.2. The maximum Gasteiger partial charge on any atom is 0.0554 e. The molecule has 0 amide bonds. The van der Waals surface area contributed by atoms with Crippen LogP contribution in [0.1, 0.15) is 83.1 Å². The lowest BCUT2D eigenvalue weighted by atomic mass is 10.2. The lowest BCUT2D eigenvalue weighted by Crippen LogP contribution is -2.76. The summed E-state index contributed by atoms with van der Waals surface area (Å²) in [5, 5.41) is 1.99. The summed E-state index contributed by atoms with van der Waals surface area (Å²) in [6.45, 7) is 53.4. The molecule has 180 valence electrons. The van der Waals surface area contributed by atoms with Crippen molar-refractivity contribution in [1.29, 1.82) is 0 Å². The summed E-state index contributed by atoms with van der Waals surface area (Å²) in [4.78, 5) is 0. The average Bonchev–Trinajstić information content (AvgIpc) is 2.38. The molecular weight excluding hydrogens is 457 g/mol. The summed E-state index contributed by atoms with van der Waals surface area (Å²) in [5.41, 5.74) is 0. The summed E-state index contributed by atoms with van der Waals surface area (Å²) >= 11 is 0. The average molecular weight is 517 g/mol. The Bertz CT molecular complexity index is 540. The Morgan fingerprint density at radius 1 is 0.300 bits per heavy atom. The van der Waals surface area contributed by atoms with Gasteiger partial charge in [0, 0.05) is 0 Å². The van der Waals surface area contributed by atoms with Crippen molar-refractivity contribution in [1.82, 2.24) is 0 Å². The number of hydrogen-bond donors (Lipinski definition) is 0. The molecule has 6 heteroatoms. The van der Waals surface area contributed by atoms with Crippen molar-refractivity contribution in [2.24, 2.45) is 0 Å². The van der Waals surface area contributed by atoms with Crippen molar-refractivity contribution in [2.45, 2.75) is 156 Å². The van der Waals surface area contributed by atoms with Crippen molar-refractivity contribution in [3.63, 3.8) is 0 Å². The molecule has 0 aromatic carbocycles. The Kier molecular flexibility index (Phi) is 8.88. The van der Waals surface area contributed by atoms with Gasteiger partial charge in [-0.1, -0.05) is 135 Å². The Labute approximate surface area is 199 Å². The van der Waals surface area contributed by atoms with Gasteiger partial charge in [-0.15, -0.1) is 0 Å². The third kappa shape index (κ3) is 5.50. The van der Waals surface area contributed by atoms with E-state index in [0.29, 0.717) is 20.2 Å². The lowest BCUT2D eigenvalue weighted by molar-refractivity contribution is 0.726. The van der Waals surface area contributed by atoms with Gasteiger partial charge in [0.1, 0.15) is 0 Å². The van der Waals surface area contributed by atoms with Gasteiger partial charge >= 0.3 is 0 Å². The zero-order chi connectivity index (χ0) is 25.2. The third-order valence-electron chi connectivity index (χ3n) is 10.2. The van der Waals surface area contributed by atoms with Gasteiger partial charge in [0.2, 0.25) is 0 Å². The van der Waals surface area contributed by atoms with Gasteiger partial charge in [-0.05, 0) is 34.0 Å². The molecular formula is C24H60Si6. The second kappa shape index (κ2) is 8.51. The maximum absolute atomic E-state index is 2.85. The Morgan fingerprint density at radius 3 is 0.467 bits per heavy atom. The van der Waals surface area contributed by atoms with E-state index in [0.717, 1.165) is 0 Å². The van der Waals surface area contributed by atoms with E-state index in [9.17, 15) is 0 Å². The fourth-order valence-corrected chi connectivity index (χ4v) is 184. The van der Waals surface area contributed by atoms with E-state index in [4.69, 9.17) is 0 Å². The van der Waals surface area contributed by atoms with Crippen LogP contribution in [0.5, 0.6) is 0 Å². The normalized spacial score (nSPS) is 16.0. The Morgan fingerprint density at radius 2 is 0.400 bits per heavy atom. The second-order valence-corrected chi connectivity index (χ2v) is 69.8. The zero-order valence-electron chi connectivity index (χ0n) is 25.0. The van der Waals surface area contributed by atoms with Crippen LogP contribution in [0.3, 0.4) is 0 Å². The van der Waals surface area contributed by atoms with E-state index in [1.54, 1.807) is 0 Å². The van der Waals surface area contributed by atoms with E-state index >= 15 is 0 Å². The molecule has 0 radical (unpaired) electrons. The molecule has 0 spiro atoms. The van der Waals surface area contributed by atoms with E-state index in [1.807, 2.05) is 0 Å². The predicted molar refractivity (Wildman–Crippen MR) is 160 cm³/mol. The molecule has 0 aliphatic rings. The molecule has 0 rings (SSSR count). The van der Waals surface area contributed by atoms with E-state index in [2.05, 4.69) is 135 Å². The first-order chi connectivity index (χ1) is 12.5. The van der Waals surface area contributed by atoms with Crippen LogP contribution in [0.25, 0.3) is 0 Å². The number of hydrogen-bond acceptors (Lipinski definition) is 0. The molecule has 0 bridgehead atoms. The van der Waals surface area contributed by atoms with Crippen molar-refractivity contribution < 1.29 is 0 Å². The summed E-state index contributed by atoms with van der Waals surface area (Å²) in [5.74, 6) is 0. The maximum atomic E-state index is 2.85. The molecule has 0 unspecified atom stereocenters. The van der Waals surface area contributed by atoms with Crippen LogP contribution in [-0.2, 0) is 0 Å². The minimum atomic E-state index is -1.44. The first-order valence-corrected chi connectivity index (χ1v) is 32.2. The predicted octanol–water partition coefficient (Wildman–Crippen LogP) is 9.40. The molecule has 0 aliphatic carbocycles. The van der Waals surface area contributed by atoms with Gasteiger partial charge in [0.25, 0.3) is 0 Å². The highest BCUT2D eigenvalue weighted by molar-refractivity contribution is 7.83. The van der Waals surface area contributed by atoms with E-state index < -0.39 is 44.2 Å². The smallest absolute Gasteiger partial charge is 0.0554 e. The molecule has 0 atom stereocenters. The van der Waals surface area contributed by atoms with Crippen molar-refractivity contribution in [2.75, 3.05) is 0 Å². The van der Waals surface area contributed by atoms with Crippen LogP contribution in [0.4, 0.5) is 0 Å². The van der Waals surface area contributed by atoms with Gasteiger partial charge in [0.15, 0.2) is 0 Å². The second-order valence-electron chi connectivity index (χ2n) is 16.2. The van der Waals surface area contributed by atoms with Crippen LogP contribution in [0, 0.1) is 0 Å². The van der Waals surface area contributed by atoms with Gasteiger partial charge in [-0.3, -0.25) is 0 Å². The van der Waals surface area contributed by atoms with E-state index in [-0.39, 0.29) is 0 Å². The van der Waals surface area contributed by atoms with Crippen molar-refractivity contribution in [3.05, 3.63) is 0 Å². The fourth-order valence-electron chi connectivity index (χ4n) is 4.31. The highest BCUT2D eigenvalue weighted by Crippen LogP contribution is 2.49. The standard InChI is InChI=1S/C24H60Si6/c1-21(2,3)27(13,14)25(28(15,16)22(4,5)6)26(29(17,18)23(7,8)9)30(19,20)24(10,11)12/h1-20H3. The van der Waals surface area contributed by atoms with Crippen molar-refractivity contribution in [3.8, 4) is 0 Å². The third-order valence-corrected chi connectivity index (χ3v) is 119. The van der Waals surface area contributed by atoms with Gasteiger partial charge < -0.3 is 0 Å². The molecule has 0 aliphatic heterocycles. The highest BCUT2D eigenvalue weighted by atomic mass is 30.0. The molecule has 0 heterocycles. The minimum absolute atomic E-state index is 0.426. The monoisotopic (exact) mass is 516 g/mol. The summed E-state index contributed by atoms with van der Waals surface area (Å²) < 4.78 is 0. The largest absolute Gasteiger partial charge is 0.0690 e. The van der Waals surface area contributed by atoms with Crippen molar-refractivity contribution >= 4 is 44.2 Å². The summed E-state index contributed by atoms with van der Waals surface area (Å²) in [6, 6.07) is 0. The summed E-state index contributed by atoms with van der Waals surface area (Å²) in [7, 11) is -5.77. The molecule has 0 saturated heterocycles.